The largest absolute Gasteiger partial charge is 1.00 e. The predicted octanol–water partition coefficient (Wildman–Crippen LogP) is -1.24. The summed E-state index contributed by atoms with van der Waals surface area (Å²) in [4.78, 5) is 23.6. The molecule has 0 aliphatic carbocycles. The van der Waals surface area contributed by atoms with Crippen LogP contribution in [0.1, 0.15) is 22.3 Å². The second-order valence-corrected chi connectivity index (χ2v) is 6.23. The van der Waals surface area contributed by atoms with Crippen molar-refractivity contribution in [1.29, 1.82) is 0 Å². The maximum atomic E-state index is 12.2. The molecule has 0 saturated carbocycles. The van der Waals surface area contributed by atoms with Gasteiger partial charge in [-0.2, -0.15) is 0 Å². The van der Waals surface area contributed by atoms with Crippen LogP contribution in [0, 0.1) is 0 Å². The summed E-state index contributed by atoms with van der Waals surface area (Å²) in [5.41, 5.74) is 0.969. The van der Waals surface area contributed by atoms with E-state index in [2.05, 4.69) is 0 Å². The van der Waals surface area contributed by atoms with Crippen molar-refractivity contribution in [3.8, 4) is 5.75 Å². The van der Waals surface area contributed by atoms with Gasteiger partial charge >= 0.3 is 35.5 Å². The zero-order valence-corrected chi connectivity index (χ0v) is 15.8. The molecule has 0 saturated heterocycles. The van der Waals surface area contributed by atoms with Gasteiger partial charge in [-0.25, -0.2) is 8.42 Å². The first-order valence-electron chi connectivity index (χ1n) is 6.69. The molecule has 0 aliphatic rings. The van der Waals surface area contributed by atoms with E-state index in [1.165, 1.54) is 24.3 Å². The number of carbonyl (C=O) groups excluding carboxylic acids is 2. The van der Waals surface area contributed by atoms with E-state index >= 15 is 0 Å². The topological polar surface area (TPSA) is 101 Å². The van der Waals surface area contributed by atoms with Gasteiger partial charge < -0.3 is 9.29 Å². The molecule has 8 heteroatoms. The van der Waals surface area contributed by atoms with Crippen LogP contribution in [0.4, 0.5) is 0 Å². The summed E-state index contributed by atoms with van der Waals surface area (Å²) in [5, 5.41) is 0. The molecular formula is C16H13NaO6S. The van der Waals surface area contributed by atoms with E-state index < -0.39 is 28.3 Å². The maximum absolute atomic E-state index is 12.2. The first-order chi connectivity index (χ1) is 10.8. The average molecular weight is 356 g/mol. The fourth-order valence-corrected chi connectivity index (χ4v) is 2.24. The van der Waals surface area contributed by atoms with Crippen molar-refractivity contribution in [2.24, 2.45) is 0 Å². The van der Waals surface area contributed by atoms with Gasteiger partial charge in [-0.3, -0.25) is 9.59 Å². The Morgan fingerprint density at radius 1 is 0.917 bits per heavy atom. The molecule has 2 aromatic rings. The Labute approximate surface area is 161 Å². The minimum atomic E-state index is -4.46. The molecule has 0 spiro atoms. The van der Waals surface area contributed by atoms with E-state index in [0.717, 1.165) is 0 Å². The summed E-state index contributed by atoms with van der Waals surface area (Å²) >= 11 is 0. The normalized spacial score (nSPS) is 10.5. The number of hydrogen-bond acceptors (Lipinski definition) is 6. The molecule has 0 unspecified atom stereocenters. The van der Waals surface area contributed by atoms with Crippen LogP contribution in [0.25, 0.3) is 0 Å². The van der Waals surface area contributed by atoms with E-state index in [0.29, 0.717) is 11.1 Å². The van der Waals surface area contributed by atoms with Crippen LogP contribution in [-0.2, 0) is 14.9 Å². The third-order valence-electron chi connectivity index (χ3n) is 2.94. The summed E-state index contributed by atoms with van der Waals surface area (Å²) < 4.78 is 36.2. The van der Waals surface area contributed by atoms with Gasteiger partial charge in [-0.1, -0.05) is 30.3 Å². The molecule has 0 N–H and O–H groups in total. The van der Waals surface area contributed by atoms with Crippen molar-refractivity contribution >= 4 is 21.9 Å². The monoisotopic (exact) mass is 356 g/mol. The third-order valence-corrected chi connectivity index (χ3v) is 3.64. The Balaban J connectivity index is 0.00000288. The third kappa shape index (κ3) is 6.54. The zero-order chi connectivity index (χ0) is 16.9. The van der Waals surface area contributed by atoms with Crippen LogP contribution < -0.4 is 34.3 Å². The number of hydrogen-bond donors (Lipinski definition) is 0. The first kappa shape index (κ1) is 20.5. The van der Waals surface area contributed by atoms with Crippen LogP contribution in [0.3, 0.4) is 0 Å². The van der Waals surface area contributed by atoms with Crippen LogP contribution >= 0.6 is 0 Å². The molecule has 0 fully saturated rings. The first-order valence-corrected chi connectivity index (χ1v) is 8.27. The summed E-state index contributed by atoms with van der Waals surface area (Å²) in [6, 6.07) is 14.6. The summed E-state index contributed by atoms with van der Waals surface area (Å²) in [6.07, 6.45) is -0.517. The number of carbonyl (C=O) groups is 2. The number of esters is 1. The minimum Gasteiger partial charge on any atom is -0.748 e. The standard InChI is InChI=1S/C16H14O6S.Na/c17-15(10-11-23(19,20)21)22-14-8-6-13(7-9-14)16(18)12-4-2-1-3-5-12;/h1-9H,10-11H2,(H,19,20,21);/q;+1/p-1. The second-order valence-electron chi connectivity index (χ2n) is 4.71. The molecule has 24 heavy (non-hydrogen) atoms. The van der Waals surface area contributed by atoms with E-state index in [-0.39, 0.29) is 41.1 Å². The molecule has 2 aromatic carbocycles. The van der Waals surface area contributed by atoms with Gasteiger partial charge in [0.25, 0.3) is 0 Å². The predicted molar refractivity (Wildman–Crippen MR) is 81.1 cm³/mol. The van der Waals surface area contributed by atoms with Gasteiger partial charge in [0.1, 0.15) is 5.75 Å². The summed E-state index contributed by atoms with van der Waals surface area (Å²) in [6.45, 7) is 0. The van der Waals surface area contributed by atoms with Gasteiger partial charge in [0, 0.05) is 16.9 Å². The fourth-order valence-electron chi connectivity index (χ4n) is 1.82. The summed E-state index contributed by atoms with van der Waals surface area (Å²) in [7, 11) is -4.46. The molecule has 0 bridgehead atoms. The molecule has 120 valence electrons. The molecule has 6 nitrogen and oxygen atoms in total. The van der Waals surface area contributed by atoms with Crippen molar-refractivity contribution in [2.75, 3.05) is 5.75 Å². The molecule has 0 radical (unpaired) electrons. The molecule has 0 aliphatic heterocycles. The Morgan fingerprint density at radius 2 is 1.46 bits per heavy atom. The molecule has 0 heterocycles. The quantitative estimate of drug-likeness (QED) is 0.211. The van der Waals surface area contributed by atoms with Crippen LogP contribution in [0.2, 0.25) is 0 Å². The van der Waals surface area contributed by atoms with Crippen molar-refractivity contribution in [2.45, 2.75) is 6.42 Å². The van der Waals surface area contributed by atoms with Crippen LogP contribution in [-0.4, -0.2) is 30.5 Å². The Bertz CT molecular complexity index is 800. The molecule has 0 aromatic heterocycles. The zero-order valence-electron chi connectivity index (χ0n) is 13.0. The van der Waals surface area contributed by atoms with Gasteiger partial charge in [0.05, 0.1) is 16.5 Å². The van der Waals surface area contributed by atoms with Crippen LogP contribution in [0.15, 0.2) is 54.6 Å². The maximum Gasteiger partial charge on any atom is 1.00 e. The Kier molecular flexibility index (Phi) is 7.78. The molecular weight excluding hydrogens is 343 g/mol. The van der Waals surface area contributed by atoms with E-state index in [9.17, 15) is 22.6 Å². The molecule has 2 rings (SSSR count). The van der Waals surface area contributed by atoms with Crippen molar-refractivity contribution in [1.82, 2.24) is 0 Å². The smallest absolute Gasteiger partial charge is 0.748 e. The second kappa shape index (κ2) is 9.10. The molecule has 0 atom stereocenters. The van der Waals surface area contributed by atoms with Crippen LogP contribution in [0.5, 0.6) is 5.75 Å². The fraction of sp³-hybridized carbons (Fsp3) is 0.125. The Morgan fingerprint density at radius 3 is 2.00 bits per heavy atom. The number of rotatable bonds is 6. The SMILES string of the molecule is O=C(CCS(=O)(=O)[O-])Oc1ccc(C(=O)c2ccccc2)cc1.[Na+]. The van der Waals surface area contributed by atoms with E-state index in [1.54, 1.807) is 30.3 Å². The Hall–Kier alpha value is -1.51. The van der Waals surface area contributed by atoms with E-state index in [1.807, 2.05) is 0 Å². The summed E-state index contributed by atoms with van der Waals surface area (Å²) in [5.74, 6) is -1.63. The van der Waals surface area contributed by atoms with Gasteiger partial charge in [0.2, 0.25) is 0 Å². The molecule has 0 amide bonds. The van der Waals surface area contributed by atoms with Crippen molar-refractivity contribution in [3.05, 3.63) is 65.7 Å². The number of ketones is 1. The van der Waals surface area contributed by atoms with Crippen molar-refractivity contribution in [3.63, 3.8) is 0 Å². The van der Waals surface area contributed by atoms with Gasteiger partial charge in [-0.15, -0.1) is 0 Å². The van der Waals surface area contributed by atoms with Gasteiger partial charge in [-0.05, 0) is 24.3 Å². The van der Waals surface area contributed by atoms with Crippen molar-refractivity contribution < 1.29 is 56.9 Å². The minimum absolute atomic E-state index is 0. The number of benzene rings is 2. The average Bonchev–Trinajstić information content (AvgIpc) is 2.53. The van der Waals surface area contributed by atoms with E-state index in [4.69, 9.17) is 4.74 Å². The van der Waals surface area contributed by atoms with Gasteiger partial charge in [0.15, 0.2) is 5.78 Å². The number of ether oxygens (including phenoxy) is 1.